The summed E-state index contributed by atoms with van der Waals surface area (Å²) >= 11 is 14.4. The van der Waals surface area contributed by atoms with Gasteiger partial charge in [-0.15, -0.1) is 5.10 Å². The molecule has 1 N–H and O–H groups in total. The fraction of sp³-hybridized carbons (Fsp3) is 0.167. The van der Waals surface area contributed by atoms with E-state index in [1.165, 1.54) is 4.68 Å². The Labute approximate surface area is 174 Å². The molecule has 0 fully saturated rings. The zero-order chi connectivity index (χ0) is 19.4. The molecule has 1 aromatic heterocycles. The lowest BCUT2D eigenvalue weighted by atomic mass is 10.2. The minimum absolute atomic E-state index is 0.0763. The van der Waals surface area contributed by atoms with Gasteiger partial charge in [0.25, 0.3) is 10.7 Å². The number of hydrogen-bond acceptors (Lipinski definition) is 5. The Morgan fingerprint density at radius 2 is 2.07 bits per heavy atom. The average molecular weight is 469 g/mol. The summed E-state index contributed by atoms with van der Waals surface area (Å²) in [6, 6.07) is 12.7. The van der Waals surface area contributed by atoms with E-state index in [2.05, 4.69) is 26.3 Å². The number of ether oxygens (including phenoxy) is 1. The molecule has 0 saturated carbocycles. The van der Waals surface area contributed by atoms with Crippen molar-refractivity contribution in [2.75, 3.05) is 5.32 Å². The third-order valence-corrected chi connectivity index (χ3v) is 5.04. The van der Waals surface area contributed by atoms with Crippen LogP contribution in [0.2, 0.25) is 5.02 Å². The molecule has 0 spiro atoms. The topological polar surface area (TPSA) is 69.3 Å². The molecule has 1 heterocycles. The van der Waals surface area contributed by atoms with E-state index >= 15 is 0 Å². The minimum atomic E-state index is -0.292. The van der Waals surface area contributed by atoms with Crippen molar-refractivity contribution in [1.29, 1.82) is 0 Å². The highest BCUT2D eigenvalue weighted by Crippen LogP contribution is 2.25. The van der Waals surface area contributed by atoms with Crippen molar-refractivity contribution in [1.82, 2.24) is 9.78 Å². The number of benzene rings is 2. The molecule has 3 rings (SSSR count). The van der Waals surface area contributed by atoms with Crippen LogP contribution in [0.1, 0.15) is 11.5 Å². The number of amides is 1. The highest BCUT2D eigenvalue weighted by Gasteiger charge is 2.11. The molecule has 1 amide bonds. The molecule has 2 aromatic carbocycles. The number of nitrogens with one attached hydrogen (secondary N) is 1. The second-order valence-electron chi connectivity index (χ2n) is 5.70. The van der Waals surface area contributed by atoms with Crippen molar-refractivity contribution < 1.29 is 13.9 Å². The van der Waals surface area contributed by atoms with Gasteiger partial charge in [0, 0.05) is 10.2 Å². The van der Waals surface area contributed by atoms with Gasteiger partial charge in [0.15, 0.2) is 6.61 Å². The molecule has 0 unspecified atom stereocenters. The zero-order valence-corrected chi connectivity index (χ0v) is 17.4. The van der Waals surface area contributed by atoms with E-state index in [1.54, 1.807) is 18.2 Å². The predicted molar refractivity (Wildman–Crippen MR) is 109 cm³/mol. The summed E-state index contributed by atoms with van der Waals surface area (Å²) in [5.74, 6) is 0.699. The Morgan fingerprint density at radius 3 is 2.78 bits per heavy atom. The summed E-state index contributed by atoms with van der Waals surface area (Å²) in [7, 11) is 0. The molecule has 6 nitrogen and oxygen atoms in total. The van der Waals surface area contributed by atoms with E-state index in [0.717, 1.165) is 5.56 Å². The first-order valence-corrected chi connectivity index (χ1v) is 9.50. The van der Waals surface area contributed by atoms with Gasteiger partial charge in [0.1, 0.15) is 12.3 Å². The van der Waals surface area contributed by atoms with Crippen LogP contribution in [-0.4, -0.2) is 15.7 Å². The fourth-order valence-electron chi connectivity index (χ4n) is 2.20. The van der Waals surface area contributed by atoms with Gasteiger partial charge < -0.3 is 14.5 Å². The number of halogens is 2. The van der Waals surface area contributed by atoms with Crippen LogP contribution in [0.4, 0.5) is 5.69 Å². The number of aromatic nitrogens is 2. The highest BCUT2D eigenvalue weighted by atomic mass is 79.9. The van der Waals surface area contributed by atoms with Crippen LogP contribution in [0.15, 0.2) is 51.4 Å². The molecule has 0 radical (unpaired) electrons. The normalized spacial score (nSPS) is 10.6. The standard InChI is InChI=1S/C18H15BrClN3O3S/c1-11-2-5-13(6-3-11)25-10-17-22-23(18(27)26-17)9-16(24)21-12-4-7-15(20)14(19)8-12/h2-8H,9-10H2,1H3,(H,21,24). The first kappa shape index (κ1) is 19.6. The number of hydrogen-bond donors (Lipinski definition) is 1. The first-order valence-electron chi connectivity index (χ1n) is 7.92. The van der Waals surface area contributed by atoms with E-state index in [4.69, 9.17) is 33.0 Å². The molecule has 27 heavy (non-hydrogen) atoms. The molecule has 0 bridgehead atoms. The van der Waals surface area contributed by atoms with Gasteiger partial charge in [-0.2, -0.15) is 0 Å². The Hall–Kier alpha value is -2.16. The van der Waals surface area contributed by atoms with Gasteiger partial charge in [-0.05, 0) is 65.4 Å². The SMILES string of the molecule is Cc1ccc(OCc2nn(CC(=O)Nc3ccc(Cl)c(Br)c3)c(=S)o2)cc1. The van der Waals surface area contributed by atoms with Crippen molar-refractivity contribution in [3.8, 4) is 5.75 Å². The van der Waals surface area contributed by atoms with Crippen LogP contribution >= 0.6 is 39.7 Å². The van der Waals surface area contributed by atoms with Crippen LogP contribution in [-0.2, 0) is 17.9 Å². The molecule has 0 aliphatic carbocycles. The lowest BCUT2D eigenvalue weighted by molar-refractivity contribution is -0.117. The number of rotatable bonds is 6. The maximum atomic E-state index is 12.2. The van der Waals surface area contributed by atoms with Crippen molar-refractivity contribution in [3.05, 3.63) is 68.3 Å². The Kier molecular flexibility index (Phi) is 6.30. The number of nitrogens with zero attached hydrogens (tertiary/aromatic N) is 2. The van der Waals surface area contributed by atoms with Crippen LogP contribution in [0.5, 0.6) is 5.75 Å². The van der Waals surface area contributed by atoms with Crippen molar-refractivity contribution >= 4 is 51.3 Å². The molecular formula is C18H15BrClN3O3S. The maximum absolute atomic E-state index is 12.2. The summed E-state index contributed by atoms with van der Waals surface area (Å²) in [6.07, 6.45) is 0. The van der Waals surface area contributed by atoms with Crippen LogP contribution in [0.25, 0.3) is 0 Å². The summed E-state index contributed by atoms with van der Waals surface area (Å²) in [5.41, 5.74) is 1.75. The average Bonchev–Trinajstić information content (AvgIpc) is 2.97. The maximum Gasteiger partial charge on any atom is 0.287 e. The van der Waals surface area contributed by atoms with Gasteiger partial charge in [-0.25, -0.2) is 4.68 Å². The second kappa shape index (κ2) is 8.69. The van der Waals surface area contributed by atoms with Gasteiger partial charge in [0.05, 0.1) is 5.02 Å². The van der Waals surface area contributed by atoms with Gasteiger partial charge in [0.2, 0.25) is 5.91 Å². The number of anilines is 1. The summed E-state index contributed by atoms with van der Waals surface area (Å²) in [6.45, 7) is 2.04. The molecule has 3 aromatic rings. The molecular weight excluding hydrogens is 454 g/mol. The van der Waals surface area contributed by atoms with E-state index in [1.807, 2.05) is 31.2 Å². The largest absolute Gasteiger partial charge is 0.484 e. The van der Waals surface area contributed by atoms with Gasteiger partial charge >= 0.3 is 0 Å². The van der Waals surface area contributed by atoms with E-state index in [-0.39, 0.29) is 23.9 Å². The molecule has 9 heteroatoms. The predicted octanol–water partition coefficient (Wildman–Crippen LogP) is 5.15. The monoisotopic (exact) mass is 467 g/mol. The number of carbonyl (C=O) groups excluding carboxylic acids is 1. The number of carbonyl (C=O) groups is 1. The van der Waals surface area contributed by atoms with Crippen LogP contribution < -0.4 is 10.1 Å². The Balaban J connectivity index is 1.60. The van der Waals surface area contributed by atoms with Gasteiger partial charge in [-0.1, -0.05) is 29.3 Å². The molecule has 0 aliphatic heterocycles. The summed E-state index contributed by atoms with van der Waals surface area (Å²) < 4.78 is 13.0. The van der Waals surface area contributed by atoms with Crippen molar-refractivity contribution in [3.63, 3.8) is 0 Å². The van der Waals surface area contributed by atoms with Gasteiger partial charge in [-0.3, -0.25) is 4.79 Å². The molecule has 0 aliphatic rings. The van der Waals surface area contributed by atoms with E-state index in [9.17, 15) is 4.79 Å². The molecule has 0 atom stereocenters. The zero-order valence-electron chi connectivity index (χ0n) is 14.2. The summed E-state index contributed by atoms with van der Waals surface area (Å²) in [5, 5.41) is 7.50. The first-order chi connectivity index (χ1) is 12.9. The quantitative estimate of drug-likeness (QED) is 0.507. The number of aryl methyl sites for hydroxylation is 1. The van der Waals surface area contributed by atoms with Crippen molar-refractivity contribution in [2.45, 2.75) is 20.1 Å². The van der Waals surface area contributed by atoms with Crippen LogP contribution in [0, 0.1) is 11.8 Å². The third kappa shape index (κ3) is 5.41. The molecule has 140 valence electrons. The smallest absolute Gasteiger partial charge is 0.287 e. The molecule has 0 saturated heterocycles. The second-order valence-corrected chi connectivity index (χ2v) is 7.31. The lowest BCUT2D eigenvalue weighted by Gasteiger charge is -2.06. The minimum Gasteiger partial charge on any atom is -0.484 e. The van der Waals surface area contributed by atoms with Crippen LogP contribution in [0.3, 0.4) is 0 Å². The van der Waals surface area contributed by atoms with E-state index in [0.29, 0.717) is 26.8 Å². The highest BCUT2D eigenvalue weighted by molar-refractivity contribution is 9.10. The lowest BCUT2D eigenvalue weighted by Crippen LogP contribution is -2.19. The van der Waals surface area contributed by atoms with E-state index < -0.39 is 0 Å². The fourth-order valence-corrected chi connectivity index (χ4v) is 2.90. The van der Waals surface area contributed by atoms with Crippen molar-refractivity contribution in [2.24, 2.45) is 0 Å². The summed E-state index contributed by atoms with van der Waals surface area (Å²) in [4.78, 5) is 12.3. The third-order valence-electron chi connectivity index (χ3n) is 3.53. The Morgan fingerprint density at radius 1 is 1.33 bits per heavy atom. The Bertz CT molecular complexity index is 1020.